The Balaban J connectivity index is 2.29. The fourth-order valence-electron chi connectivity index (χ4n) is 1.97. The van der Waals surface area contributed by atoms with Crippen LogP contribution in [0.5, 0.6) is 0 Å². The van der Waals surface area contributed by atoms with Crippen LogP contribution >= 0.6 is 11.3 Å². The van der Waals surface area contributed by atoms with Crippen LogP contribution in [0.2, 0.25) is 0 Å². The SMILES string of the molecule is CCN(c1cccc(C)c1)c1ncc(C(C)NC)s1. The van der Waals surface area contributed by atoms with Crippen LogP contribution in [0.3, 0.4) is 0 Å². The minimum Gasteiger partial charge on any atom is -0.318 e. The minimum absolute atomic E-state index is 0.350. The van der Waals surface area contributed by atoms with Gasteiger partial charge in [-0.25, -0.2) is 4.98 Å². The number of benzene rings is 1. The number of hydrogen-bond donors (Lipinski definition) is 1. The van der Waals surface area contributed by atoms with Crippen molar-refractivity contribution < 1.29 is 0 Å². The van der Waals surface area contributed by atoms with Crippen LogP contribution in [0.4, 0.5) is 10.8 Å². The lowest BCUT2D eigenvalue weighted by Crippen LogP contribution is -2.15. The van der Waals surface area contributed by atoms with Crippen molar-refractivity contribution in [1.29, 1.82) is 0 Å². The lowest BCUT2D eigenvalue weighted by Gasteiger charge is -2.20. The summed E-state index contributed by atoms with van der Waals surface area (Å²) in [7, 11) is 1.97. The molecule has 0 bridgehead atoms. The third kappa shape index (κ3) is 3.14. The second-order valence-corrected chi connectivity index (χ2v) is 5.68. The van der Waals surface area contributed by atoms with E-state index in [4.69, 9.17) is 0 Å². The molecule has 0 saturated heterocycles. The standard InChI is InChI=1S/C15H21N3S/c1-5-18(13-8-6-7-11(2)9-13)15-17-10-14(19-15)12(3)16-4/h6-10,12,16H,5H2,1-4H3. The zero-order chi connectivity index (χ0) is 13.8. The molecule has 3 nitrogen and oxygen atoms in total. The molecule has 1 atom stereocenters. The molecule has 1 N–H and O–H groups in total. The summed E-state index contributed by atoms with van der Waals surface area (Å²) < 4.78 is 0. The molecule has 1 aromatic heterocycles. The number of rotatable bonds is 5. The Kier molecular flexibility index (Phi) is 4.56. The summed E-state index contributed by atoms with van der Waals surface area (Å²) in [6, 6.07) is 8.90. The molecule has 0 saturated carbocycles. The van der Waals surface area contributed by atoms with Gasteiger partial charge in [0.1, 0.15) is 0 Å². The molecule has 1 heterocycles. The molecule has 102 valence electrons. The van der Waals surface area contributed by atoms with Crippen LogP contribution in [-0.4, -0.2) is 18.6 Å². The van der Waals surface area contributed by atoms with Crippen molar-refractivity contribution in [1.82, 2.24) is 10.3 Å². The summed E-state index contributed by atoms with van der Waals surface area (Å²) in [5.74, 6) is 0. The maximum absolute atomic E-state index is 4.57. The first-order valence-electron chi connectivity index (χ1n) is 6.63. The molecule has 19 heavy (non-hydrogen) atoms. The van der Waals surface area contributed by atoms with E-state index in [1.165, 1.54) is 16.1 Å². The van der Waals surface area contributed by atoms with Crippen molar-refractivity contribution in [2.75, 3.05) is 18.5 Å². The zero-order valence-corrected chi connectivity index (χ0v) is 12.8. The number of aryl methyl sites for hydroxylation is 1. The van der Waals surface area contributed by atoms with E-state index < -0.39 is 0 Å². The van der Waals surface area contributed by atoms with Crippen LogP contribution in [0.25, 0.3) is 0 Å². The van der Waals surface area contributed by atoms with E-state index in [-0.39, 0.29) is 0 Å². The van der Waals surface area contributed by atoms with Gasteiger partial charge in [-0.3, -0.25) is 0 Å². The van der Waals surface area contributed by atoms with Gasteiger partial charge in [-0.15, -0.1) is 0 Å². The summed E-state index contributed by atoms with van der Waals surface area (Å²) in [5.41, 5.74) is 2.48. The van der Waals surface area contributed by atoms with E-state index in [0.29, 0.717) is 6.04 Å². The molecule has 4 heteroatoms. The van der Waals surface area contributed by atoms with Crippen molar-refractivity contribution in [2.24, 2.45) is 0 Å². The van der Waals surface area contributed by atoms with Gasteiger partial charge in [0.2, 0.25) is 0 Å². The largest absolute Gasteiger partial charge is 0.318 e. The predicted molar refractivity (Wildman–Crippen MR) is 83.4 cm³/mol. The number of thiazole rings is 1. The van der Waals surface area contributed by atoms with Crippen LogP contribution < -0.4 is 10.2 Å². The van der Waals surface area contributed by atoms with E-state index in [1.807, 2.05) is 13.2 Å². The lowest BCUT2D eigenvalue weighted by molar-refractivity contribution is 0.662. The fourth-order valence-corrected chi connectivity index (χ4v) is 3.03. The number of hydrogen-bond acceptors (Lipinski definition) is 4. The molecule has 2 aromatic rings. The average Bonchev–Trinajstić information content (AvgIpc) is 2.88. The summed E-state index contributed by atoms with van der Waals surface area (Å²) in [4.78, 5) is 8.09. The van der Waals surface area contributed by atoms with Gasteiger partial charge in [0.05, 0.1) is 0 Å². The van der Waals surface area contributed by atoms with Crippen molar-refractivity contribution in [3.05, 3.63) is 40.9 Å². The van der Waals surface area contributed by atoms with Crippen molar-refractivity contribution in [3.63, 3.8) is 0 Å². The van der Waals surface area contributed by atoms with Crippen LogP contribution in [0.1, 0.15) is 30.3 Å². The summed E-state index contributed by atoms with van der Waals surface area (Å²) in [5, 5.41) is 4.31. The molecule has 0 aliphatic heterocycles. The quantitative estimate of drug-likeness (QED) is 0.897. The Hall–Kier alpha value is -1.39. The number of aromatic nitrogens is 1. The Labute approximate surface area is 119 Å². The third-order valence-electron chi connectivity index (χ3n) is 3.23. The molecular formula is C15H21N3S. The second kappa shape index (κ2) is 6.17. The smallest absolute Gasteiger partial charge is 0.190 e. The predicted octanol–water partition coefficient (Wildman–Crippen LogP) is 3.89. The van der Waals surface area contributed by atoms with Gasteiger partial charge < -0.3 is 10.2 Å². The van der Waals surface area contributed by atoms with Crippen LogP contribution in [0.15, 0.2) is 30.5 Å². The monoisotopic (exact) mass is 275 g/mol. The topological polar surface area (TPSA) is 28.2 Å². The van der Waals surface area contributed by atoms with Crippen LogP contribution in [-0.2, 0) is 0 Å². The van der Waals surface area contributed by atoms with E-state index in [9.17, 15) is 0 Å². The maximum Gasteiger partial charge on any atom is 0.190 e. The fraction of sp³-hybridized carbons (Fsp3) is 0.400. The minimum atomic E-state index is 0.350. The van der Waals surface area contributed by atoms with Gasteiger partial charge in [-0.2, -0.15) is 0 Å². The van der Waals surface area contributed by atoms with Gasteiger partial charge in [-0.05, 0) is 45.5 Å². The third-order valence-corrected chi connectivity index (χ3v) is 4.43. The van der Waals surface area contributed by atoms with Gasteiger partial charge in [0, 0.05) is 29.3 Å². The van der Waals surface area contributed by atoms with E-state index >= 15 is 0 Å². The Morgan fingerprint density at radius 1 is 1.42 bits per heavy atom. The first-order valence-corrected chi connectivity index (χ1v) is 7.44. The Morgan fingerprint density at radius 2 is 2.21 bits per heavy atom. The van der Waals surface area contributed by atoms with Crippen molar-refractivity contribution in [2.45, 2.75) is 26.8 Å². The van der Waals surface area contributed by atoms with Crippen molar-refractivity contribution >= 4 is 22.2 Å². The molecule has 0 fully saturated rings. The molecule has 1 aromatic carbocycles. The molecular weight excluding hydrogens is 254 g/mol. The average molecular weight is 275 g/mol. The highest BCUT2D eigenvalue weighted by atomic mass is 32.1. The van der Waals surface area contributed by atoms with Gasteiger partial charge >= 0.3 is 0 Å². The number of anilines is 2. The first-order chi connectivity index (χ1) is 9.15. The summed E-state index contributed by atoms with van der Waals surface area (Å²) in [6.07, 6.45) is 1.97. The van der Waals surface area contributed by atoms with E-state index in [0.717, 1.165) is 11.7 Å². The summed E-state index contributed by atoms with van der Waals surface area (Å²) >= 11 is 1.75. The lowest BCUT2D eigenvalue weighted by atomic mass is 10.2. The highest BCUT2D eigenvalue weighted by Gasteiger charge is 2.14. The van der Waals surface area contributed by atoms with E-state index in [2.05, 4.69) is 60.2 Å². The Morgan fingerprint density at radius 3 is 2.84 bits per heavy atom. The summed E-state index contributed by atoms with van der Waals surface area (Å²) in [6.45, 7) is 7.35. The molecule has 0 amide bonds. The molecule has 0 aliphatic carbocycles. The first kappa shape index (κ1) is 14.0. The molecule has 0 spiro atoms. The maximum atomic E-state index is 4.57. The highest BCUT2D eigenvalue weighted by Crippen LogP contribution is 2.32. The van der Waals surface area contributed by atoms with Gasteiger partial charge in [-0.1, -0.05) is 23.5 Å². The second-order valence-electron chi connectivity index (χ2n) is 4.64. The van der Waals surface area contributed by atoms with Crippen LogP contribution in [0, 0.1) is 6.92 Å². The number of nitrogens with zero attached hydrogens (tertiary/aromatic N) is 2. The molecule has 2 rings (SSSR count). The molecule has 0 aliphatic rings. The number of nitrogens with one attached hydrogen (secondary N) is 1. The van der Waals surface area contributed by atoms with Crippen molar-refractivity contribution in [3.8, 4) is 0 Å². The van der Waals surface area contributed by atoms with Gasteiger partial charge in [0.15, 0.2) is 5.13 Å². The zero-order valence-electron chi connectivity index (χ0n) is 12.0. The van der Waals surface area contributed by atoms with Gasteiger partial charge in [0.25, 0.3) is 0 Å². The highest BCUT2D eigenvalue weighted by molar-refractivity contribution is 7.15. The molecule has 0 radical (unpaired) electrons. The Bertz CT molecular complexity index is 536. The van der Waals surface area contributed by atoms with E-state index in [1.54, 1.807) is 11.3 Å². The normalized spacial score (nSPS) is 12.4. The molecule has 1 unspecified atom stereocenters.